The van der Waals surface area contributed by atoms with Gasteiger partial charge in [-0.15, -0.1) is 0 Å². The Bertz CT molecular complexity index is 598. The molecule has 2 aromatic heterocycles. The molecule has 0 unspecified atom stereocenters. The average Bonchev–Trinajstić information content (AvgIpc) is 2.96. The Balaban J connectivity index is 1.85. The van der Waals surface area contributed by atoms with Gasteiger partial charge in [-0.1, -0.05) is 0 Å². The number of anilines is 1. The third kappa shape index (κ3) is 1.55. The number of amides is 1. The number of hydrogen-bond acceptors (Lipinski definition) is 4. The van der Waals surface area contributed by atoms with Crippen molar-refractivity contribution in [1.29, 1.82) is 0 Å². The summed E-state index contributed by atoms with van der Waals surface area (Å²) in [5, 5.41) is 3.99. The van der Waals surface area contributed by atoms with Crippen LogP contribution in [0.15, 0.2) is 18.6 Å². The van der Waals surface area contributed by atoms with Gasteiger partial charge < -0.3 is 15.2 Å². The number of aryl methyl sites for hydroxylation is 1. The summed E-state index contributed by atoms with van der Waals surface area (Å²) in [5.41, 5.74) is 6.27. The Morgan fingerprint density at radius 2 is 2.28 bits per heavy atom. The molecule has 3 heterocycles. The zero-order chi connectivity index (χ0) is 12.7. The lowest BCUT2D eigenvalue weighted by molar-refractivity contribution is 0.0708. The van der Waals surface area contributed by atoms with Gasteiger partial charge in [0.25, 0.3) is 5.91 Å². The molecule has 94 valence electrons. The van der Waals surface area contributed by atoms with Gasteiger partial charge in [-0.2, -0.15) is 5.10 Å². The van der Waals surface area contributed by atoms with Crippen LogP contribution in [0.3, 0.4) is 0 Å². The molecule has 1 aliphatic rings. The van der Waals surface area contributed by atoms with Gasteiger partial charge in [0.15, 0.2) is 0 Å². The number of rotatable bonds is 1. The van der Waals surface area contributed by atoms with Gasteiger partial charge in [0.1, 0.15) is 17.2 Å². The second-order valence-corrected chi connectivity index (χ2v) is 4.33. The number of aromatic nitrogens is 4. The molecule has 0 aliphatic carbocycles. The Kier molecular flexibility index (Phi) is 2.32. The minimum Gasteiger partial charge on any atom is -0.383 e. The van der Waals surface area contributed by atoms with E-state index >= 15 is 0 Å². The van der Waals surface area contributed by atoms with Gasteiger partial charge in [0, 0.05) is 32.5 Å². The Morgan fingerprint density at radius 3 is 3.00 bits per heavy atom. The molecule has 2 aromatic rings. The summed E-state index contributed by atoms with van der Waals surface area (Å²) in [7, 11) is 1.72. The molecule has 1 aliphatic heterocycles. The van der Waals surface area contributed by atoms with Crippen molar-refractivity contribution in [2.75, 3.05) is 12.3 Å². The highest BCUT2D eigenvalue weighted by atomic mass is 16.2. The lowest BCUT2D eigenvalue weighted by atomic mass is 10.2. The molecule has 18 heavy (non-hydrogen) atoms. The van der Waals surface area contributed by atoms with Crippen LogP contribution in [0.1, 0.15) is 16.2 Å². The molecule has 0 radical (unpaired) electrons. The van der Waals surface area contributed by atoms with E-state index in [0.717, 1.165) is 12.4 Å². The molecule has 0 bridgehead atoms. The van der Waals surface area contributed by atoms with E-state index in [1.807, 2.05) is 6.20 Å². The van der Waals surface area contributed by atoms with Crippen LogP contribution in [0.4, 0.5) is 5.82 Å². The maximum atomic E-state index is 12.3. The van der Waals surface area contributed by atoms with Crippen LogP contribution in [-0.2, 0) is 20.1 Å². The molecular formula is C11H14N6O. The number of imidazole rings is 1. The first kappa shape index (κ1) is 10.8. The van der Waals surface area contributed by atoms with E-state index in [2.05, 4.69) is 14.6 Å². The lowest BCUT2D eigenvalue weighted by Gasteiger charge is -2.27. The second-order valence-electron chi connectivity index (χ2n) is 4.33. The van der Waals surface area contributed by atoms with Crippen molar-refractivity contribution >= 4 is 11.7 Å². The molecule has 0 saturated heterocycles. The summed E-state index contributed by atoms with van der Waals surface area (Å²) in [4.78, 5) is 18.3. The number of nitrogens with two attached hydrogens (primary N) is 1. The summed E-state index contributed by atoms with van der Waals surface area (Å²) < 4.78 is 3.55. The molecule has 7 heteroatoms. The largest absolute Gasteiger partial charge is 0.383 e. The number of hydrogen-bond donors (Lipinski definition) is 1. The monoisotopic (exact) mass is 246 g/mol. The summed E-state index contributed by atoms with van der Waals surface area (Å²) in [6.07, 6.45) is 5.19. The summed E-state index contributed by atoms with van der Waals surface area (Å²) in [6.45, 7) is 1.94. The fraction of sp³-hybridized carbons (Fsp3) is 0.364. The zero-order valence-corrected chi connectivity index (χ0v) is 10.1. The van der Waals surface area contributed by atoms with Gasteiger partial charge in [-0.3, -0.25) is 9.48 Å². The molecule has 0 aromatic carbocycles. The molecule has 7 nitrogen and oxygen atoms in total. The van der Waals surface area contributed by atoms with E-state index in [1.54, 1.807) is 18.1 Å². The molecule has 1 amide bonds. The number of carbonyl (C=O) groups excluding carboxylic acids is 1. The first-order valence-electron chi connectivity index (χ1n) is 5.73. The van der Waals surface area contributed by atoms with E-state index in [4.69, 9.17) is 5.73 Å². The van der Waals surface area contributed by atoms with Crippen LogP contribution in [0.25, 0.3) is 0 Å². The highest BCUT2D eigenvalue weighted by Gasteiger charge is 2.24. The van der Waals surface area contributed by atoms with E-state index in [-0.39, 0.29) is 5.91 Å². The van der Waals surface area contributed by atoms with Crippen molar-refractivity contribution in [3.63, 3.8) is 0 Å². The third-order valence-electron chi connectivity index (χ3n) is 3.25. The van der Waals surface area contributed by atoms with E-state index in [9.17, 15) is 4.79 Å². The van der Waals surface area contributed by atoms with Gasteiger partial charge >= 0.3 is 0 Å². The summed E-state index contributed by atoms with van der Waals surface area (Å²) >= 11 is 0. The fourth-order valence-electron chi connectivity index (χ4n) is 2.13. The van der Waals surface area contributed by atoms with E-state index < -0.39 is 0 Å². The van der Waals surface area contributed by atoms with Gasteiger partial charge in [0.2, 0.25) is 0 Å². The molecule has 0 saturated carbocycles. The lowest BCUT2D eigenvalue weighted by Crippen LogP contribution is -2.38. The van der Waals surface area contributed by atoms with Crippen molar-refractivity contribution in [2.24, 2.45) is 7.05 Å². The number of carbonyl (C=O) groups is 1. The van der Waals surface area contributed by atoms with E-state index in [0.29, 0.717) is 24.5 Å². The standard InChI is InChI=1S/C11H14N6O/c1-15-10(12)8(6-14-15)11(18)17-5-4-16-3-2-13-9(16)7-17/h2-3,6H,4-5,7,12H2,1H3. The normalized spacial score (nSPS) is 14.6. The molecular weight excluding hydrogens is 232 g/mol. The SMILES string of the molecule is Cn1ncc(C(=O)N2CCn3ccnc3C2)c1N. The maximum absolute atomic E-state index is 12.3. The van der Waals surface area contributed by atoms with Crippen molar-refractivity contribution in [3.05, 3.63) is 30.0 Å². The Hall–Kier alpha value is -2.31. The Labute approximate surface area is 104 Å². The molecule has 2 N–H and O–H groups in total. The minimum absolute atomic E-state index is 0.0881. The minimum atomic E-state index is -0.0881. The van der Waals surface area contributed by atoms with Crippen molar-refractivity contribution in [2.45, 2.75) is 13.1 Å². The van der Waals surface area contributed by atoms with Crippen molar-refractivity contribution < 1.29 is 4.79 Å². The fourth-order valence-corrected chi connectivity index (χ4v) is 2.13. The van der Waals surface area contributed by atoms with Gasteiger partial charge in [0.05, 0.1) is 12.7 Å². The van der Waals surface area contributed by atoms with Crippen LogP contribution in [-0.4, -0.2) is 36.7 Å². The van der Waals surface area contributed by atoms with Crippen molar-refractivity contribution in [3.8, 4) is 0 Å². The van der Waals surface area contributed by atoms with Crippen molar-refractivity contribution in [1.82, 2.24) is 24.2 Å². The molecule has 3 rings (SSSR count). The average molecular weight is 246 g/mol. The number of nitrogen functional groups attached to an aromatic ring is 1. The highest BCUT2D eigenvalue weighted by Crippen LogP contribution is 2.17. The molecule has 0 atom stereocenters. The topological polar surface area (TPSA) is 82.0 Å². The van der Waals surface area contributed by atoms with Crippen LogP contribution >= 0.6 is 0 Å². The van der Waals surface area contributed by atoms with Gasteiger partial charge in [-0.05, 0) is 0 Å². The van der Waals surface area contributed by atoms with Crippen LogP contribution < -0.4 is 5.73 Å². The predicted octanol–water partition coefficient (Wildman–Crippen LogP) is -0.145. The van der Waals surface area contributed by atoms with Crippen LogP contribution in [0, 0.1) is 0 Å². The number of nitrogens with zero attached hydrogens (tertiary/aromatic N) is 5. The van der Waals surface area contributed by atoms with Crippen LogP contribution in [0.2, 0.25) is 0 Å². The summed E-state index contributed by atoms with van der Waals surface area (Å²) in [6, 6.07) is 0. The predicted molar refractivity (Wildman–Crippen MR) is 64.6 cm³/mol. The molecule has 0 spiro atoms. The van der Waals surface area contributed by atoms with E-state index in [1.165, 1.54) is 10.9 Å². The first-order valence-corrected chi connectivity index (χ1v) is 5.73. The van der Waals surface area contributed by atoms with Gasteiger partial charge in [-0.25, -0.2) is 4.98 Å². The quantitative estimate of drug-likeness (QED) is 0.759. The molecule has 0 fully saturated rings. The maximum Gasteiger partial charge on any atom is 0.259 e. The number of fused-ring (bicyclic) bond motifs is 1. The Morgan fingerprint density at radius 1 is 1.44 bits per heavy atom. The first-order chi connectivity index (χ1) is 8.66. The summed E-state index contributed by atoms with van der Waals surface area (Å²) in [5.74, 6) is 1.21. The zero-order valence-electron chi connectivity index (χ0n) is 10.1. The highest BCUT2D eigenvalue weighted by molar-refractivity contribution is 5.98. The smallest absolute Gasteiger partial charge is 0.259 e. The second kappa shape index (κ2) is 3.86. The third-order valence-corrected chi connectivity index (χ3v) is 3.25. The van der Waals surface area contributed by atoms with Crippen LogP contribution in [0.5, 0.6) is 0 Å².